The summed E-state index contributed by atoms with van der Waals surface area (Å²) in [5.41, 5.74) is -0.781. The third kappa shape index (κ3) is 1.86. The number of carbonyl (C=O) groups is 1. The molecule has 1 aliphatic heterocycles. The van der Waals surface area contributed by atoms with Gasteiger partial charge in [0.15, 0.2) is 5.69 Å². The second-order valence-electron chi connectivity index (χ2n) is 5.99. The highest BCUT2D eigenvalue weighted by atomic mass is 16.3. The van der Waals surface area contributed by atoms with E-state index in [0.29, 0.717) is 29.8 Å². The number of carbonyl (C=O) groups excluding carboxylic acids is 1. The van der Waals surface area contributed by atoms with Crippen molar-refractivity contribution >= 4 is 16.7 Å². The molecule has 1 aromatic heterocycles. The molecule has 1 saturated heterocycles. The van der Waals surface area contributed by atoms with Crippen molar-refractivity contribution in [3.63, 3.8) is 0 Å². The predicted molar refractivity (Wildman–Crippen MR) is 75.9 cm³/mol. The number of aromatic nitrogens is 2. The predicted octanol–water partition coefficient (Wildman–Crippen LogP) is 0.520. The molecule has 0 unspecified atom stereocenters. The van der Waals surface area contributed by atoms with Gasteiger partial charge in [0.1, 0.15) is 5.60 Å². The number of hydrogen-bond acceptors (Lipinski definition) is 4. The van der Waals surface area contributed by atoms with Gasteiger partial charge in [-0.1, -0.05) is 18.2 Å². The van der Waals surface area contributed by atoms with Crippen LogP contribution >= 0.6 is 0 Å². The summed E-state index contributed by atoms with van der Waals surface area (Å²) in [6.07, 6.45) is 2.08. The molecular formula is C15H15N3O3. The Balaban J connectivity index is 1.67. The van der Waals surface area contributed by atoms with Crippen LogP contribution in [-0.4, -0.2) is 44.8 Å². The summed E-state index contributed by atoms with van der Waals surface area (Å²) < 4.78 is 0. The van der Waals surface area contributed by atoms with Crippen molar-refractivity contribution in [3.05, 3.63) is 40.3 Å². The summed E-state index contributed by atoms with van der Waals surface area (Å²) in [4.78, 5) is 25.8. The van der Waals surface area contributed by atoms with Gasteiger partial charge in [0.25, 0.3) is 11.5 Å². The Morgan fingerprint density at radius 2 is 1.95 bits per heavy atom. The second-order valence-corrected chi connectivity index (χ2v) is 5.99. The molecule has 0 spiro atoms. The van der Waals surface area contributed by atoms with Gasteiger partial charge in [-0.3, -0.25) is 9.59 Å². The maximum absolute atomic E-state index is 12.5. The molecule has 1 amide bonds. The highest BCUT2D eigenvalue weighted by Gasteiger charge is 2.53. The molecule has 1 aliphatic carbocycles. The van der Waals surface area contributed by atoms with Crippen LogP contribution in [-0.2, 0) is 0 Å². The average Bonchev–Trinajstić information content (AvgIpc) is 3.29. The Bertz CT molecular complexity index is 788. The van der Waals surface area contributed by atoms with Crippen molar-refractivity contribution < 1.29 is 9.90 Å². The molecule has 108 valence electrons. The summed E-state index contributed by atoms with van der Waals surface area (Å²) in [5, 5.41) is 17.6. The minimum Gasteiger partial charge on any atom is -0.386 e. The lowest BCUT2D eigenvalue weighted by atomic mass is 9.88. The lowest BCUT2D eigenvalue weighted by Crippen LogP contribution is -2.64. The van der Waals surface area contributed by atoms with Gasteiger partial charge in [-0.05, 0) is 24.8 Å². The van der Waals surface area contributed by atoms with Crippen molar-refractivity contribution in [2.24, 2.45) is 5.92 Å². The standard InChI is InChI=1S/C15H15N3O3/c19-13-11-4-2-1-3-10(11)12(16-17-13)14(20)18-7-15(21,8-18)9-5-6-9/h1-4,9,21H,5-8H2,(H,17,19). The van der Waals surface area contributed by atoms with Crippen LogP contribution in [0.4, 0.5) is 0 Å². The Hall–Kier alpha value is -2.21. The fourth-order valence-corrected chi connectivity index (χ4v) is 3.06. The van der Waals surface area contributed by atoms with Crippen LogP contribution in [0.2, 0.25) is 0 Å². The van der Waals surface area contributed by atoms with Gasteiger partial charge in [0.2, 0.25) is 0 Å². The number of benzene rings is 1. The van der Waals surface area contributed by atoms with E-state index in [4.69, 9.17) is 0 Å². The van der Waals surface area contributed by atoms with E-state index >= 15 is 0 Å². The molecule has 6 nitrogen and oxygen atoms in total. The summed E-state index contributed by atoms with van der Waals surface area (Å²) in [6, 6.07) is 6.92. The van der Waals surface area contributed by atoms with E-state index in [1.165, 1.54) is 0 Å². The molecule has 2 N–H and O–H groups in total. The maximum Gasteiger partial charge on any atom is 0.275 e. The first-order chi connectivity index (χ1) is 10.1. The molecule has 21 heavy (non-hydrogen) atoms. The lowest BCUT2D eigenvalue weighted by Gasteiger charge is -2.46. The topological polar surface area (TPSA) is 86.3 Å². The number of β-amino-alcohol motifs (C(OH)–C–C–N with tert-alkyl or cyclic N) is 1. The van der Waals surface area contributed by atoms with Crippen molar-refractivity contribution in [1.82, 2.24) is 15.1 Å². The normalized spacial score (nSPS) is 20.3. The molecule has 2 aromatic rings. The molecule has 0 atom stereocenters. The Morgan fingerprint density at radius 3 is 2.62 bits per heavy atom. The number of likely N-dealkylation sites (tertiary alicyclic amines) is 1. The van der Waals surface area contributed by atoms with Crippen molar-refractivity contribution in [3.8, 4) is 0 Å². The molecular weight excluding hydrogens is 270 g/mol. The Labute approximate surface area is 120 Å². The van der Waals surface area contributed by atoms with Gasteiger partial charge >= 0.3 is 0 Å². The van der Waals surface area contributed by atoms with Crippen LogP contribution in [0.25, 0.3) is 10.8 Å². The molecule has 6 heteroatoms. The second kappa shape index (κ2) is 4.14. The number of H-pyrrole nitrogens is 1. The summed E-state index contributed by atoms with van der Waals surface area (Å²) >= 11 is 0. The lowest BCUT2D eigenvalue weighted by molar-refractivity contribution is -0.0959. The van der Waals surface area contributed by atoms with Crippen molar-refractivity contribution in [1.29, 1.82) is 0 Å². The summed E-state index contributed by atoms with van der Waals surface area (Å²) in [6.45, 7) is 0.706. The minimum absolute atomic E-state index is 0.239. The van der Waals surface area contributed by atoms with Crippen LogP contribution in [0.1, 0.15) is 23.3 Å². The number of aliphatic hydroxyl groups is 1. The summed E-state index contributed by atoms with van der Waals surface area (Å²) in [5.74, 6) is 0.0922. The quantitative estimate of drug-likeness (QED) is 0.842. The number of fused-ring (bicyclic) bond motifs is 1. The molecule has 1 saturated carbocycles. The SMILES string of the molecule is O=C(c1n[nH]c(=O)c2ccccc12)N1CC(O)(C2CC2)C1. The van der Waals surface area contributed by atoms with E-state index in [-0.39, 0.29) is 17.2 Å². The van der Waals surface area contributed by atoms with E-state index in [9.17, 15) is 14.7 Å². The van der Waals surface area contributed by atoms with E-state index in [1.54, 1.807) is 29.2 Å². The first kappa shape index (κ1) is 12.5. The molecule has 1 aromatic carbocycles. The minimum atomic E-state index is -0.715. The molecule has 0 bridgehead atoms. The fourth-order valence-electron chi connectivity index (χ4n) is 3.06. The summed E-state index contributed by atoms with van der Waals surface area (Å²) in [7, 11) is 0. The Kier molecular flexibility index (Phi) is 2.47. The Morgan fingerprint density at radius 1 is 1.29 bits per heavy atom. The van der Waals surface area contributed by atoms with E-state index in [0.717, 1.165) is 12.8 Å². The van der Waals surface area contributed by atoms with Crippen molar-refractivity contribution in [2.75, 3.05) is 13.1 Å². The zero-order valence-corrected chi connectivity index (χ0v) is 11.4. The zero-order chi connectivity index (χ0) is 14.6. The van der Waals surface area contributed by atoms with Gasteiger partial charge in [-0.2, -0.15) is 5.10 Å². The van der Waals surface area contributed by atoms with Crippen molar-refractivity contribution in [2.45, 2.75) is 18.4 Å². The number of rotatable bonds is 2. The third-order valence-corrected chi connectivity index (χ3v) is 4.45. The van der Waals surface area contributed by atoms with Crippen LogP contribution in [0.5, 0.6) is 0 Å². The number of amides is 1. The first-order valence-electron chi connectivity index (χ1n) is 7.07. The van der Waals surface area contributed by atoms with Crippen LogP contribution in [0.15, 0.2) is 29.1 Å². The molecule has 4 rings (SSSR count). The van der Waals surface area contributed by atoms with Gasteiger partial charge in [0.05, 0.1) is 18.5 Å². The first-order valence-corrected chi connectivity index (χ1v) is 7.07. The largest absolute Gasteiger partial charge is 0.386 e. The number of nitrogens with one attached hydrogen (secondary N) is 1. The van der Waals surface area contributed by atoms with E-state index in [1.807, 2.05) is 0 Å². The number of hydrogen-bond donors (Lipinski definition) is 2. The molecule has 2 aliphatic rings. The van der Waals surface area contributed by atoms with Gasteiger partial charge < -0.3 is 10.0 Å². The fraction of sp³-hybridized carbons (Fsp3) is 0.400. The average molecular weight is 285 g/mol. The molecule has 2 fully saturated rings. The van der Waals surface area contributed by atoms with E-state index < -0.39 is 5.60 Å². The van der Waals surface area contributed by atoms with Crippen LogP contribution in [0, 0.1) is 5.92 Å². The number of nitrogens with zero attached hydrogens (tertiary/aromatic N) is 2. The van der Waals surface area contributed by atoms with Crippen LogP contribution in [0.3, 0.4) is 0 Å². The van der Waals surface area contributed by atoms with E-state index in [2.05, 4.69) is 10.2 Å². The zero-order valence-electron chi connectivity index (χ0n) is 11.4. The van der Waals surface area contributed by atoms with Gasteiger partial charge in [-0.25, -0.2) is 5.10 Å². The maximum atomic E-state index is 12.5. The van der Waals surface area contributed by atoms with Crippen LogP contribution < -0.4 is 5.56 Å². The molecule has 0 radical (unpaired) electrons. The highest BCUT2D eigenvalue weighted by molar-refractivity contribution is 6.05. The highest BCUT2D eigenvalue weighted by Crippen LogP contribution is 2.44. The third-order valence-electron chi connectivity index (χ3n) is 4.45. The number of aromatic amines is 1. The smallest absolute Gasteiger partial charge is 0.275 e. The van der Waals surface area contributed by atoms with Gasteiger partial charge in [-0.15, -0.1) is 0 Å². The van der Waals surface area contributed by atoms with Gasteiger partial charge in [0, 0.05) is 5.39 Å². The monoisotopic (exact) mass is 285 g/mol. The molecule has 2 heterocycles.